The molecule has 0 spiro atoms. The molecule has 0 radical (unpaired) electrons. The Morgan fingerprint density at radius 2 is 1.86 bits per heavy atom. The second-order valence-electron chi connectivity index (χ2n) is 8.68. The summed E-state index contributed by atoms with van der Waals surface area (Å²) in [6.45, 7) is 8.20. The molecule has 4 rings (SSSR count). The Kier molecular flexibility index (Phi) is 8.57. The van der Waals surface area contributed by atoms with Crippen LogP contribution in [0.15, 0.2) is 69.4 Å². The van der Waals surface area contributed by atoms with Crippen LogP contribution in [0.4, 0.5) is 10.2 Å². The lowest BCUT2D eigenvalue weighted by Crippen LogP contribution is -2.51. The molecule has 0 N–H and O–H groups in total. The molecule has 1 atom stereocenters. The van der Waals surface area contributed by atoms with Crippen LogP contribution in [0.25, 0.3) is 0 Å². The molecule has 7 nitrogen and oxygen atoms in total. The molecular weight excluding hydrogens is 488 g/mol. The molecule has 2 fully saturated rings. The fourth-order valence-corrected chi connectivity index (χ4v) is 4.90. The number of nitrogens with zero attached hydrogens (tertiary/aromatic N) is 7. The number of likely N-dealkylation sites (tertiary alicyclic amines) is 1. The summed E-state index contributed by atoms with van der Waals surface area (Å²) in [4.78, 5) is 25.3. The van der Waals surface area contributed by atoms with E-state index in [0.29, 0.717) is 29.7 Å². The zero-order valence-electron chi connectivity index (χ0n) is 20.0. The first-order valence-electron chi connectivity index (χ1n) is 11.9. The summed E-state index contributed by atoms with van der Waals surface area (Å²) in [7, 11) is 0. The highest BCUT2D eigenvalue weighted by Crippen LogP contribution is 2.27. The monoisotopic (exact) mass is 517 g/mol. The molecule has 2 saturated heterocycles. The van der Waals surface area contributed by atoms with Crippen molar-refractivity contribution in [1.82, 2.24) is 19.8 Å². The van der Waals surface area contributed by atoms with Crippen molar-refractivity contribution >= 4 is 40.7 Å². The van der Waals surface area contributed by atoms with Crippen LogP contribution in [0.1, 0.15) is 33.1 Å². The molecule has 0 aromatic carbocycles. The van der Waals surface area contributed by atoms with Crippen LogP contribution >= 0.6 is 23.2 Å². The van der Waals surface area contributed by atoms with E-state index >= 15 is 0 Å². The Balaban J connectivity index is 1.62. The predicted molar refractivity (Wildman–Crippen MR) is 142 cm³/mol. The molecule has 186 valence electrons. The minimum atomic E-state index is 0.0290. The van der Waals surface area contributed by atoms with Gasteiger partial charge in [0.2, 0.25) is 5.96 Å². The minimum Gasteiger partial charge on any atom is -0.350 e. The van der Waals surface area contributed by atoms with Crippen molar-refractivity contribution in [3.05, 3.63) is 64.6 Å². The maximum Gasteiger partial charge on any atom is 0.227 e. The van der Waals surface area contributed by atoms with Gasteiger partial charge in [-0.15, -0.1) is 0 Å². The highest BCUT2D eigenvalue weighted by molar-refractivity contribution is 6.32. The van der Waals surface area contributed by atoms with Gasteiger partial charge in [0.15, 0.2) is 11.0 Å². The Bertz CT molecular complexity index is 1100. The lowest BCUT2D eigenvalue weighted by atomic mass is 10.1. The van der Waals surface area contributed by atoms with E-state index in [9.17, 15) is 4.39 Å². The standard InChI is InChI=1S/C25H30Cl2FN7/c1-3-6-19(15-20(26)16-28)21-7-8-22(32-25(31-21)33-11-4-5-12-33)35-14-13-34(17-18(35)2)24-23(27)29-9-10-30-24/h3,6,8-10,15-16,18H,4-5,7,11-14,17H2,1-2H3/b6-3-,19-15+,20-16-. The molecular formula is C25H30Cl2FN7. The molecule has 10 heteroatoms. The molecule has 1 aromatic rings. The zero-order chi connectivity index (χ0) is 24.8. The first-order valence-corrected chi connectivity index (χ1v) is 12.7. The number of rotatable bonds is 5. The van der Waals surface area contributed by atoms with E-state index in [1.54, 1.807) is 18.5 Å². The largest absolute Gasteiger partial charge is 0.350 e. The summed E-state index contributed by atoms with van der Waals surface area (Å²) in [6, 6.07) is 0.174. The maximum atomic E-state index is 13.0. The number of piperazine rings is 1. The van der Waals surface area contributed by atoms with Crippen molar-refractivity contribution in [1.29, 1.82) is 0 Å². The first-order chi connectivity index (χ1) is 17.0. The lowest BCUT2D eigenvalue weighted by molar-refractivity contribution is 0.239. The molecule has 0 amide bonds. The van der Waals surface area contributed by atoms with Gasteiger partial charge in [-0.05, 0) is 44.4 Å². The number of hydrogen-bond acceptors (Lipinski definition) is 7. The molecule has 1 aromatic heterocycles. The number of halogens is 3. The van der Waals surface area contributed by atoms with Crippen LogP contribution in [-0.2, 0) is 0 Å². The number of anilines is 1. The zero-order valence-corrected chi connectivity index (χ0v) is 21.6. The summed E-state index contributed by atoms with van der Waals surface area (Å²) in [5.74, 6) is 2.31. The van der Waals surface area contributed by atoms with Gasteiger partial charge in [-0.2, -0.15) is 4.99 Å². The molecule has 4 heterocycles. The molecule has 3 aliphatic rings. The summed E-state index contributed by atoms with van der Waals surface area (Å²) in [5, 5.41) is 0.444. The van der Waals surface area contributed by atoms with Crippen molar-refractivity contribution in [3.8, 4) is 0 Å². The lowest BCUT2D eigenvalue weighted by Gasteiger charge is -2.41. The average Bonchev–Trinajstić information content (AvgIpc) is 3.31. The van der Waals surface area contributed by atoms with E-state index in [-0.39, 0.29) is 11.1 Å². The Morgan fingerprint density at radius 3 is 2.54 bits per heavy atom. The van der Waals surface area contributed by atoms with Gasteiger partial charge in [0.05, 0.1) is 10.7 Å². The topological polar surface area (TPSA) is 60.2 Å². The van der Waals surface area contributed by atoms with Gasteiger partial charge in [-0.3, -0.25) is 0 Å². The third-order valence-electron chi connectivity index (χ3n) is 6.25. The molecule has 1 unspecified atom stereocenters. The highest BCUT2D eigenvalue weighted by Gasteiger charge is 2.29. The predicted octanol–water partition coefficient (Wildman–Crippen LogP) is 5.33. The van der Waals surface area contributed by atoms with Crippen LogP contribution in [-0.4, -0.2) is 70.2 Å². The van der Waals surface area contributed by atoms with E-state index in [1.807, 2.05) is 19.1 Å². The molecule has 3 aliphatic heterocycles. The fourth-order valence-electron chi connectivity index (χ4n) is 4.55. The van der Waals surface area contributed by atoms with Gasteiger partial charge < -0.3 is 14.7 Å². The third kappa shape index (κ3) is 6.11. The van der Waals surface area contributed by atoms with Crippen molar-refractivity contribution in [2.24, 2.45) is 9.98 Å². The first kappa shape index (κ1) is 25.4. The summed E-state index contributed by atoms with van der Waals surface area (Å²) in [6.07, 6.45) is 14.0. The normalized spacial score (nSPS) is 22.4. The van der Waals surface area contributed by atoms with Gasteiger partial charge in [-0.25, -0.2) is 19.4 Å². The van der Waals surface area contributed by atoms with Crippen molar-refractivity contribution in [2.45, 2.75) is 39.2 Å². The molecule has 0 bridgehead atoms. The van der Waals surface area contributed by atoms with Gasteiger partial charge >= 0.3 is 0 Å². The summed E-state index contributed by atoms with van der Waals surface area (Å²) >= 11 is 12.3. The van der Waals surface area contributed by atoms with Crippen molar-refractivity contribution in [2.75, 3.05) is 37.6 Å². The molecule has 0 saturated carbocycles. The number of hydrogen-bond donors (Lipinski definition) is 0. The van der Waals surface area contributed by atoms with E-state index < -0.39 is 0 Å². The summed E-state index contributed by atoms with van der Waals surface area (Å²) in [5.41, 5.74) is 1.58. The van der Waals surface area contributed by atoms with Crippen LogP contribution in [0.5, 0.6) is 0 Å². The maximum absolute atomic E-state index is 13.0. The van der Waals surface area contributed by atoms with Crippen LogP contribution < -0.4 is 4.90 Å². The molecule has 35 heavy (non-hydrogen) atoms. The third-order valence-corrected chi connectivity index (χ3v) is 6.71. The highest BCUT2D eigenvalue weighted by atomic mass is 35.5. The SMILES string of the molecule is C\C=C/C(=C\C(Cl)=C\F)C1=NC(N2CCCC2)=NC(N2CCN(c3nccnc3Cl)CC2C)=CC1. The number of aliphatic imine (C=N–C) groups is 2. The fraction of sp³-hybridized carbons (Fsp3) is 0.440. The van der Waals surface area contributed by atoms with Gasteiger partial charge in [0.25, 0.3) is 0 Å². The van der Waals surface area contributed by atoms with Gasteiger partial charge in [0, 0.05) is 57.6 Å². The number of aromatic nitrogens is 2. The average molecular weight is 518 g/mol. The minimum absolute atomic E-state index is 0.0290. The second-order valence-corrected chi connectivity index (χ2v) is 9.48. The van der Waals surface area contributed by atoms with Gasteiger partial charge in [0.1, 0.15) is 12.2 Å². The Morgan fingerprint density at radius 1 is 1.09 bits per heavy atom. The van der Waals surface area contributed by atoms with E-state index in [1.165, 1.54) is 0 Å². The van der Waals surface area contributed by atoms with Crippen LogP contribution in [0.2, 0.25) is 5.15 Å². The summed E-state index contributed by atoms with van der Waals surface area (Å²) < 4.78 is 13.0. The quantitative estimate of drug-likeness (QED) is 0.494. The van der Waals surface area contributed by atoms with Crippen molar-refractivity contribution in [3.63, 3.8) is 0 Å². The van der Waals surface area contributed by atoms with Crippen LogP contribution in [0, 0.1) is 0 Å². The van der Waals surface area contributed by atoms with Gasteiger partial charge in [-0.1, -0.05) is 35.4 Å². The van der Waals surface area contributed by atoms with Crippen molar-refractivity contribution < 1.29 is 4.39 Å². The number of allylic oxidation sites excluding steroid dienone is 6. The van der Waals surface area contributed by atoms with E-state index in [0.717, 1.165) is 62.7 Å². The van der Waals surface area contributed by atoms with Crippen LogP contribution in [0.3, 0.4) is 0 Å². The Hall–Kier alpha value is -2.71. The second kappa shape index (κ2) is 11.8. The Labute approximate surface area is 216 Å². The smallest absolute Gasteiger partial charge is 0.227 e. The van der Waals surface area contributed by atoms with E-state index in [4.69, 9.17) is 33.2 Å². The number of guanidine groups is 1. The van der Waals surface area contributed by atoms with E-state index in [2.05, 4.69) is 37.7 Å². The molecule has 0 aliphatic carbocycles.